The molecule has 1 unspecified atom stereocenters. The third-order valence-corrected chi connectivity index (χ3v) is 3.24. The highest BCUT2D eigenvalue weighted by Gasteiger charge is 2.26. The Kier molecular flexibility index (Phi) is 2.21. The lowest BCUT2D eigenvalue weighted by atomic mass is 10.0. The third kappa shape index (κ3) is 1.44. The highest BCUT2D eigenvalue weighted by atomic mass is 16.3. The minimum Gasteiger partial charge on any atom is -0.384 e. The monoisotopic (exact) mass is 221 g/mol. The Morgan fingerprint density at radius 3 is 2.65 bits per heavy atom. The van der Waals surface area contributed by atoms with Gasteiger partial charge in [-0.15, -0.1) is 0 Å². The van der Waals surface area contributed by atoms with Gasteiger partial charge in [0.15, 0.2) is 0 Å². The van der Waals surface area contributed by atoms with Crippen LogP contribution in [0.5, 0.6) is 0 Å². The molecule has 2 aromatic carbocycles. The van der Waals surface area contributed by atoms with Crippen LogP contribution >= 0.6 is 0 Å². The van der Waals surface area contributed by atoms with Crippen LogP contribution in [0.2, 0.25) is 0 Å². The van der Waals surface area contributed by atoms with Crippen molar-refractivity contribution in [3.63, 3.8) is 0 Å². The normalized spacial score (nSPS) is 16.1. The van der Waals surface area contributed by atoms with Crippen LogP contribution in [0, 0.1) is 11.3 Å². The zero-order valence-corrected chi connectivity index (χ0v) is 9.22. The second-order valence-corrected chi connectivity index (χ2v) is 4.25. The van der Waals surface area contributed by atoms with Crippen molar-refractivity contribution in [1.82, 2.24) is 0 Å². The first-order chi connectivity index (χ1) is 8.31. The number of aliphatic hydroxyl groups is 1. The predicted molar refractivity (Wildman–Crippen MR) is 65.3 cm³/mol. The first kappa shape index (κ1) is 10.1. The van der Waals surface area contributed by atoms with Gasteiger partial charge in [0.1, 0.15) is 6.10 Å². The van der Waals surface area contributed by atoms with Crippen LogP contribution in [0.3, 0.4) is 0 Å². The lowest BCUT2D eigenvalue weighted by molar-refractivity contribution is 0.225. The van der Waals surface area contributed by atoms with E-state index in [0.29, 0.717) is 6.42 Å². The van der Waals surface area contributed by atoms with Gasteiger partial charge in [0.25, 0.3) is 0 Å². The van der Waals surface area contributed by atoms with Gasteiger partial charge < -0.3 is 5.11 Å². The Labute approximate surface area is 99.8 Å². The van der Waals surface area contributed by atoms with E-state index in [1.165, 1.54) is 0 Å². The maximum atomic E-state index is 10.2. The molecule has 0 fully saturated rings. The van der Waals surface area contributed by atoms with Gasteiger partial charge in [-0.1, -0.05) is 42.5 Å². The molecule has 1 N–H and O–H groups in total. The molecule has 0 aromatic heterocycles. The summed E-state index contributed by atoms with van der Waals surface area (Å²) < 4.78 is 0. The Morgan fingerprint density at radius 2 is 1.82 bits per heavy atom. The van der Waals surface area contributed by atoms with E-state index < -0.39 is 6.10 Å². The maximum Gasteiger partial charge on any atom is 0.105 e. The van der Waals surface area contributed by atoms with Crippen molar-refractivity contribution in [2.75, 3.05) is 0 Å². The number of hydrogen-bond donors (Lipinski definition) is 1. The molecule has 2 nitrogen and oxygen atoms in total. The molecule has 1 atom stereocenters. The van der Waals surface area contributed by atoms with Gasteiger partial charge in [-0.3, -0.25) is 0 Å². The van der Waals surface area contributed by atoms with Gasteiger partial charge in [0, 0.05) is 0 Å². The average molecular weight is 221 g/mol. The summed E-state index contributed by atoms with van der Waals surface area (Å²) in [6.45, 7) is 0. The van der Waals surface area contributed by atoms with Crippen molar-refractivity contribution in [1.29, 1.82) is 5.26 Å². The van der Waals surface area contributed by atoms with E-state index in [0.717, 1.165) is 27.8 Å². The fourth-order valence-corrected chi connectivity index (χ4v) is 2.43. The SMILES string of the molecule is N#CCc1ccc2c(c1)C(O)c1ccccc1-2. The number of benzene rings is 2. The Hall–Kier alpha value is -2.11. The van der Waals surface area contributed by atoms with Crippen LogP contribution in [0.4, 0.5) is 0 Å². The van der Waals surface area contributed by atoms with Crippen LogP contribution in [-0.2, 0) is 6.42 Å². The summed E-state index contributed by atoms with van der Waals surface area (Å²) in [5.74, 6) is 0. The van der Waals surface area contributed by atoms with E-state index >= 15 is 0 Å². The third-order valence-electron chi connectivity index (χ3n) is 3.24. The molecular weight excluding hydrogens is 210 g/mol. The van der Waals surface area contributed by atoms with Crippen molar-refractivity contribution in [2.45, 2.75) is 12.5 Å². The van der Waals surface area contributed by atoms with Crippen molar-refractivity contribution in [2.24, 2.45) is 0 Å². The van der Waals surface area contributed by atoms with Crippen molar-refractivity contribution < 1.29 is 5.11 Å². The van der Waals surface area contributed by atoms with Crippen LogP contribution < -0.4 is 0 Å². The van der Waals surface area contributed by atoms with E-state index in [4.69, 9.17) is 5.26 Å². The summed E-state index contributed by atoms with van der Waals surface area (Å²) in [5, 5.41) is 18.9. The van der Waals surface area contributed by atoms with E-state index in [9.17, 15) is 5.11 Å². The van der Waals surface area contributed by atoms with Crippen LogP contribution in [0.25, 0.3) is 11.1 Å². The molecule has 17 heavy (non-hydrogen) atoms. The molecule has 0 saturated heterocycles. The number of hydrogen-bond acceptors (Lipinski definition) is 2. The molecule has 0 saturated carbocycles. The van der Waals surface area contributed by atoms with E-state index in [-0.39, 0.29) is 0 Å². The number of rotatable bonds is 1. The minimum atomic E-state index is -0.556. The van der Waals surface area contributed by atoms with Crippen molar-refractivity contribution in [3.8, 4) is 17.2 Å². The first-order valence-corrected chi connectivity index (χ1v) is 5.58. The zero-order chi connectivity index (χ0) is 11.8. The second-order valence-electron chi connectivity index (χ2n) is 4.25. The Balaban J connectivity index is 2.18. The Bertz CT molecular complexity index is 625. The highest BCUT2D eigenvalue weighted by molar-refractivity contribution is 5.78. The molecule has 2 aromatic rings. The summed E-state index contributed by atoms with van der Waals surface area (Å²) in [5.41, 5.74) is 5.00. The highest BCUT2D eigenvalue weighted by Crippen LogP contribution is 2.43. The molecule has 0 bridgehead atoms. The largest absolute Gasteiger partial charge is 0.384 e. The quantitative estimate of drug-likeness (QED) is 0.804. The fourth-order valence-electron chi connectivity index (χ4n) is 2.43. The molecule has 1 aliphatic carbocycles. The molecule has 2 heteroatoms. The molecule has 3 rings (SSSR count). The number of aliphatic hydroxyl groups excluding tert-OH is 1. The molecule has 0 heterocycles. The van der Waals surface area contributed by atoms with E-state index in [1.807, 2.05) is 42.5 Å². The molecule has 0 spiro atoms. The first-order valence-electron chi connectivity index (χ1n) is 5.58. The van der Waals surface area contributed by atoms with E-state index in [1.54, 1.807) is 0 Å². The van der Waals surface area contributed by atoms with Gasteiger partial charge in [0.05, 0.1) is 12.5 Å². The van der Waals surface area contributed by atoms with Crippen molar-refractivity contribution >= 4 is 0 Å². The van der Waals surface area contributed by atoms with E-state index in [2.05, 4.69) is 6.07 Å². The minimum absolute atomic E-state index is 0.385. The molecule has 82 valence electrons. The molecule has 0 amide bonds. The second kappa shape index (κ2) is 3.73. The van der Waals surface area contributed by atoms with Gasteiger partial charge in [0.2, 0.25) is 0 Å². The lowest BCUT2D eigenvalue weighted by Gasteiger charge is -2.06. The Morgan fingerprint density at radius 1 is 1.06 bits per heavy atom. The molecule has 0 aliphatic heterocycles. The average Bonchev–Trinajstić information content (AvgIpc) is 2.65. The molecular formula is C15H11NO. The number of fused-ring (bicyclic) bond motifs is 3. The summed E-state index contributed by atoms with van der Waals surface area (Å²) in [6.07, 6.45) is -0.170. The standard InChI is InChI=1S/C15H11NO/c16-8-7-10-5-6-12-11-3-1-2-4-13(11)15(17)14(12)9-10/h1-6,9,15,17H,7H2. The summed E-state index contributed by atoms with van der Waals surface area (Å²) >= 11 is 0. The summed E-state index contributed by atoms with van der Waals surface area (Å²) in [7, 11) is 0. The van der Waals surface area contributed by atoms with Crippen LogP contribution in [-0.4, -0.2) is 5.11 Å². The number of nitrogens with zero attached hydrogens (tertiary/aromatic N) is 1. The smallest absolute Gasteiger partial charge is 0.105 e. The summed E-state index contributed by atoms with van der Waals surface area (Å²) in [6, 6.07) is 15.9. The van der Waals surface area contributed by atoms with Gasteiger partial charge in [-0.2, -0.15) is 5.26 Å². The van der Waals surface area contributed by atoms with Crippen LogP contribution in [0.1, 0.15) is 22.8 Å². The topological polar surface area (TPSA) is 44.0 Å². The predicted octanol–water partition coefficient (Wildman–Crippen LogP) is 2.81. The zero-order valence-electron chi connectivity index (χ0n) is 9.22. The van der Waals surface area contributed by atoms with Gasteiger partial charge in [-0.25, -0.2) is 0 Å². The lowest BCUT2D eigenvalue weighted by Crippen LogP contribution is -1.94. The van der Waals surface area contributed by atoms with Crippen LogP contribution in [0.15, 0.2) is 42.5 Å². The fraction of sp³-hybridized carbons (Fsp3) is 0.133. The van der Waals surface area contributed by atoms with Gasteiger partial charge in [-0.05, 0) is 27.8 Å². The summed E-state index contributed by atoms with van der Waals surface area (Å²) in [4.78, 5) is 0. The number of nitriles is 1. The van der Waals surface area contributed by atoms with Gasteiger partial charge >= 0.3 is 0 Å². The maximum absolute atomic E-state index is 10.2. The molecule has 1 aliphatic rings. The molecule has 0 radical (unpaired) electrons. The van der Waals surface area contributed by atoms with Crippen molar-refractivity contribution in [3.05, 3.63) is 59.2 Å².